The lowest BCUT2D eigenvalue weighted by Crippen LogP contribution is -2.19. The van der Waals surface area contributed by atoms with Crippen molar-refractivity contribution in [2.24, 2.45) is 5.10 Å². The molecule has 0 unspecified atom stereocenters. The number of ether oxygens (including phenoxy) is 1. The Balaban J connectivity index is 1.24. The van der Waals surface area contributed by atoms with Gasteiger partial charge in [0.1, 0.15) is 5.75 Å². The lowest BCUT2D eigenvalue weighted by atomic mass is 10.2. The minimum Gasteiger partial charge on any atom is -0.423 e. The number of thioether (sulfide) groups is 1. The molecule has 0 radical (unpaired) electrons. The van der Waals surface area contributed by atoms with Crippen molar-refractivity contribution in [3.05, 3.63) is 88.9 Å². The van der Waals surface area contributed by atoms with Gasteiger partial charge >= 0.3 is 5.97 Å². The van der Waals surface area contributed by atoms with E-state index in [0.29, 0.717) is 16.3 Å². The molecule has 3 aromatic carbocycles. The van der Waals surface area contributed by atoms with Crippen molar-refractivity contribution in [2.75, 3.05) is 5.75 Å². The van der Waals surface area contributed by atoms with E-state index in [0.717, 1.165) is 20.1 Å². The molecule has 4 aromatic rings. The standard InChI is InChI=1S/C23H16ClN3O3S2/c24-17-9-7-16(8-10-17)22(29)30-18-11-5-15(6-12-18)13-25-27-21(28)14-31-23-26-19-3-1-2-4-20(19)32-23/h1-13H,14H2,(H,27,28)/b25-13-. The Bertz CT molecular complexity index is 1240. The molecule has 4 rings (SSSR count). The summed E-state index contributed by atoms with van der Waals surface area (Å²) in [5.74, 6) is -0.0742. The number of thiazole rings is 1. The van der Waals surface area contributed by atoms with Gasteiger partial charge < -0.3 is 4.74 Å². The zero-order valence-corrected chi connectivity index (χ0v) is 18.9. The highest BCUT2D eigenvalue weighted by molar-refractivity contribution is 8.01. The number of rotatable bonds is 7. The van der Waals surface area contributed by atoms with Crippen LogP contribution in [-0.4, -0.2) is 28.8 Å². The van der Waals surface area contributed by atoms with Gasteiger partial charge in [0.15, 0.2) is 4.34 Å². The van der Waals surface area contributed by atoms with Gasteiger partial charge in [0, 0.05) is 5.02 Å². The predicted molar refractivity (Wildman–Crippen MR) is 129 cm³/mol. The van der Waals surface area contributed by atoms with E-state index in [1.165, 1.54) is 18.0 Å². The molecule has 0 bridgehead atoms. The van der Waals surface area contributed by atoms with E-state index in [4.69, 9.17) is 16.3 Å². The maximum atomic E-state index is 12.1. The number of halogens is 1. The first-order valence-electron chi connectivity index (χ1n) is 9.45. The first-order chi connectivity index (χ1) is 15.6. The first-order valence-corrected chi connectivity index (χ1v) is 11.6. The second-order valence-electron chi connectivity index (χ2n) is 6.49. The van der Waals surface area contributed by atoms with Crippen LogP contribution in [0.25, 0.3) is 10.2 Å². The Labute approximate surface area is 197 Å². The van der Waals surface area contributed by atoms with Crippen molar-refractivity contribution in [2.45, 2.75) is 4.34 Å². The third-order valence-corrected chi connectivity index (χ3v) is 6.61. The average Bonchev–Trinajstić information content (AvgIpc) is 3.22. The lowest BCUT2D eigenvalue weighted by Gasteiger charge is -2.04. The molecule has 0 fully saturated rings. The number of carbonyl (C=O) groups excluding carboxylic acids is 2. The lowest BCUT2D eigenvalue weighted by molar-refractivity contribution is -0.118. The fourth-order valence-electron chi connectivity index (χ4n) is 2.63. The molecule has 1 aromatic heterocycles. The van der Waals surface area contributed by atoms with Gasteiger partial charge in [0.05, 0.1) is 27.7 Å². The van der Waals surface area contributed by atoms with Crippen molar-refractivity contribution in [3.63, 3.8) is 0 Å². The van der Waals surface area contributed by atoms with Crippen LogP contribution in [0.3, 0.4) is 0 Å². The number of carbonyl (C=O) groups is 2. The fraction of sp³-hybridized carbons (Fsp3) is 0.0435. The molecule has 0 spiro atoms. The fourth-order valence-corrected chi connectivity index (χ4v) is 4.61. The molecule has 0 aliphatic rings. The number of esters is 1. The van der Waals surface area contributed by atoms with E-state index in [-0.39, 0.29) is 11.7 Å². The van der Waals surface area contributed by atoms with Crippen molar-refractivity contribution in [1.82, 2.24) is 10.4 Å². The smallest absolute Gasteiger partial charge is 0.343 e. The van der Waals surface area contributed by atoms with Gasteiger partial charge in [-0.1, -0.05) is 35.5 Å². The first kappa shape index (κ1) is 22.0. The normalized spacial score (nSPS) is 11.0. The Hall–Kier alpha value is -3.20. The summed E-state index contributed by atoms with van der Waals surface area (Å²) in [4.78, 5) is 28.6. The molecule has 0 aliphatic heterocycles. The average molecular weight is 482 g/mol. The summed E-state index contributed by atoms with van der Waals surface area (Å²) < 4.78 is 7.26. The van der Waals surface area contributed by atoms with Crippen molar-refractivity contribution >= 4 is 63.0 Å². The number of nitrogens with one attached hydrogen (secondary N) is 1. The van der Waals surface area contributed by atoms with E-state index >= 15 is 0 Å². The van der Waals surface area contributed by atoms with Gasteiger partial charge in [0.25, 0.3) is 5.91 Å². The summed E-state index contributed by atoms with van der Waals surface area (Å²) in [6.45, 7) is 0. The molecule has 32 heavy (non-hydrogen) atoms. The minimum absolute atomic E-state index is 0.219. The number of fused-ring (bicyclic) bond motifs is 1. The van der Waals surface area contributed by atoms with Crippen LogP contribution in [-0.2, 0) is 4.79 Å². The Kier molecular flexibility index (Phi) is 7.16. The van der Waals surface area contributed by atoms with Crippen molar-refractivity contribution in [3.8, 4) is 5.75 Å². The molecule has 9 heteroatoms. The van der Waals surface area contributed by atoms with Crippen molar-refractivity contribution < 1.29 is 14.3 Å². The summed E-state index contributed by atoms with van der Waals surface area (Å²) in [6.07, 6.45) is 1.52. The van der Waals surface area contributed by atoms with Gasteiger partial charge in [-0.05, 0) is 66.2 Å². The number of benzene rings is 3. The zero-order chi connectivity index (χ0) is 22.3. The van der Waals surface area contributed by atoms with Crippen LogP contribution in [0, 0.1) is 0 Å². The van der Waals surface area contributed by atoms with Crippen LogP contribution in [0.2, 0.25) is 5.02 Å². The topological polar surface area (TPSA) is 80.7 Å². The van der Waals surface area contributed by atoms with Gasteiger partial charge in [-0.2, -0.15) is 5.10 Å². The molecule has 0 saturated heterocycles. The SMILES string of the molecule is O=C(CSc1nc2ccccc2s1)N/N=C\c1ccc(OC(=O)c2ccc(Cl)cc2)cc1. The molecule has 6 nitrogen and oxygen atoms in total. The minimum atomic E-state index is -0.471. The summed E-state index contributed by atoms with van der Waals surface area (Å²) in [6, 6.07) is 21.1. The molecular formula is C23H16ClN3O3S2. The van der Waals surface area contributed by atoms with E-state index in [2.05, 4.69) is 15.5 Å². The number of hydrazone groups is 1. The molecule has 0 saturated carbocycles. The third kappa shape index (κ3) is 5.94. The molecule has 1 amide bonds. The molecule has 1 N–H and O–H groups in total. The monoisotopic (exact) mass is 481 g/mol. The van der Waals surface area contributed by atoms with Gasteiger partial charge in [-0.3, -0.25) is 4.79 Å². The van der Waals surface area contributed by atoms with E-state index < -0.39 is 5.97 Å². The largest absolute Gasteiger partial charge is 0.423 e. The number of aromatic nitrogens is 1. The number of para-hydroxylation sites is 1. The Morgan fingerprint density at radius 1 is 1.06 bits per heavy atom. The van der Waals surface area contributed by atoms with E-state index in [1.807, 2.05) is 24.3 Å². The Morgan fingerprint density at radius 3 is 2.56 bits per heavy atom. The summed E-state index contributed by atoms with van der Waals surface area (Å²) in [5.41, 5.74) is 4.58. The number of amides is 1. The molecular weight excluding hydrogens is 466 g/mol. The second-order valence-corrected chi connectivity index (χ2v) is 9.18. The molecule has 160 valence electrons. The van der Waals surface area contributed by atoms with Crippen LogP contribution in [0.5, 0.6) is 5.75 Å². The van der Waals surface area contributed by atoms with Crippen molar-refractivity contribution in [1.29, 1.82) is 0 Å². The van der Waals surface area contributed by atoms with Gasteiger partial charge in [-0.15, -0.1) is 11.3 Å². The number of hydrogen-bond acceptors (Lipinski definition) is 7. The number of nitrogens with zero attached hydrogens (tertiary/aromatic N) is 2. The van der Waals surface area contributed by atoms with Gasteiger partial charge in [-0.25, -0.2) is 15.2 Å². The summed E-state index contributed by atoms with van der Waals surface area (Å²) in [7, 11) is 0. The molecule has 1 heterocycles. The quantitative estimate of drug-likeness (QED) is 0.125. The van der Waals surface area contributed by atoms with Gasteiger partial charge in [0.2, 0.25) is 0 Å². The van der Waals surface area contributed by atoms with Crippen LogP contribution in [0.15, 0.2) is 82.2 Å². The highest BCUT2D eigenvalue weighted by Gasteiger charge is 2.09. The zero-order valence-electron chi connectivity index (χ0n) is 16.5. The highest BCUT2D eigenvalue weighted by atomic mass is 35.5. The predicted octanol–water partition coefficient (Wildman–Crippen LogP) is 5.41. The van der Waals surface area contributed by atoms with Crippen LogP contribution in [0.1, 0.15) is 15.9 Å². The van der Waals surface area contributed by atoms with E-state index in [9.17, 15) is 9.59 Å². The summed E-state index contributed by atoms with van der Waals surface area (Å²) >= 11 is 8.75. The highest BCUT2D eigenvalue weighted by Crippen LogP contribution is 2.29. The molecule has 0 atom stereocenters. The number of hydrogen-bond donors (Lipinski definition) is 1. The summed E-state index contributed by atoms with van der Waals surface area (Å²) in [5, 5.41) is 4.52. The maximum absolute atomic E-state index is 12.1. The van der Waals surface area contributed by atoms with Crippen LogP contribution < -0.4 is 10.2 Å². The maximum Gasteiger partial charge on any atom is 0.343 e. The molecule has 0 aliphatic carbocycles. The van der Waals surface area contributed by atoms with Crippen LogP contribution >= 0.6 is 34.7 Å². The van der Waals surface area contributed by atoms with E-state index in [1.54, 1.807) is 59.9 Å². The second kappa shape index (κ2) is 10.4. The third-order valence-electron chi connectivity index (χ3n) is 4.17. The Morgan fingerprint density at radius 2 is 1.81 bits per heavy atom. The van der Waals surface area contributed by atoms with Crippen LogP contribution in [0.4, 0.5) is 0 Å².